The van der Waals surface area contributed by atoms with Gasteiger partial charge in [0.25, 0.3) is 11.8 Å². The molecule has 0 radical (unpaired) electrons. The second-order valence-electron chi connectivity index (χ2n) is 7.82. The first-order valence-corrected chi connectivity index (χ1v) is 10.7. The minimum Gasteiger partial charge on any atom is -0.491 e. The van der Waals surface area contributed by atoms with Crippen molar-refractivity contribution in [3.8, 4) is 5.75 Å². The van der Waals surface area contributed by atoms with E-state index in [9.17, 15) is 23.2 Å². The Morgan fingerprint density at radius 1 is 1.27 bits per heavy atom. The van der Waals surface area contributed by atoms with Crippen molar-refractivity contribution in [3.63, 3.8) is 0 Å². The van der Waals surface area contributed by atoms with E-state index in [-0.39, 0.29) is 46.8 Å². The average Bonchev–Trinajstić information content (AvgIpc) is 3.17. The van der Waals surface area contributed by atoms with Crippen LogP contribution in [0.4, 0.5) is 8.78 Å². The van der Waals surface area contributed by atoms with E-state index >= 15 is 0 Å². The van der Waals surface area contributed by atoms with Crippen LogP contribution in [0, 0.1) is 11.6 Å². The summed E-state index contributed by atoms with van der Waals surface area (Å²) in [6, 6.07) is 1.94. The van der Waals surface area contributed by atoms with Crippen LogP contribution in [0.3, 0.4) is 0 Å². The molecule has 33 heavy (non-hydrogen) atoms. The van der Waals surface area contributed by atoms with Crippen molar-refractivity contribution in [2.24, 2.45) is 0 Å². The van der Waals surface area contributed by atoms with Gasteiger partial charge in [0.05, 0.1) is 18.8 Å². The van der Waals surface area contributed by atoms with Crippen LogP contribution in [-0.4, -0.2) is 48.6 Å². The van der Waals surface area contributed by atoms with Gasteiger partial charge in [0, 0.05) is 38.7 Å². The van der Waals surface area contributed by atoms with Crippen molar-refractivity contribution in [3.05, 3.63) is 61.5 Å². The molecule has 0 unspecified atom stereocenters. The van der Waals surface area contributed by atoms with Crippen molar-refractivity contribution >= 4 is 23.4 Å². The smallest absolute Gasteiger partial charge is 0.274 e. The summed E-state index contributed by atoms with van der Waals surface area (Å²) < 4.78 is 40.2. The van der Waals surface area contributed by atoms with Gasteiger partial charge in [-0.3, -0.25) is 14.4 Å². The summed E-state index contributed by atoms with van der Waals surface area (Å²) >= 11 is 5.60. The molecule has 0 bridgehead atoms. The zero-order chi connectivity index (χ0) is 24.0. The molecule has 11 heteroatoms. The van der Waals surface area contributed by atoms with Gasteiger partial charge in [-0.1, -0.05) is 17.7 Å². The molecule has 3 heterocycles. The summed E-state index contributed by atoms with van der Waals surface area (Å²) in [5.41, 5.74) is -0.684. The fraction of sp³-hybridized carbons (Fsp3) is 0.409. The molecule has 1 N–H and O–H groups in total. The van der Waals surface area contributed by atoms with Crippen molar-refractivity contribution in [1.82, 2.24) is 14.8 Å². The second kappa shape index (κ2) is 8.75. The monoisotopic (exact) mass is 481 g/mol. The van der Waals surface area contributed by atoms with E-state index in [0.717, 1.165) is 12.1 Å². The Morgan fingerprint density at radius 3 is 2.64 bits per heavy atom. The minimum absolute atomic E-state index is 0.0499. The Hall–Kier alpha value is -2.98. The van der Waals surface area contributed by atoms with Crippen molar-refractivity contribution in [2.45, 2.75) is 32.0 Å². The molecule has 8 nitrogen and oxygen atoms in total. The molecule has 0 spiro atoms. The second-order valence-corrected chi connectivity index (χ2v) is 8.19. The molecular weight excluding hydrogens is 460 g/mol. The third-order valence-electron chi connectivity index (χ3n) is 6.13. The van der Waals surface area contributed by atoms with Gasteiger partial charge in [-0.05, 0) is 13.0 Å². The number of rotatable bonds is 6. The molecule has 176 valence electrons. The van der Waals surface area contributed by atoms with Crippen molar-refractivity contribution in [1.29, 1.82) is 0 Å². The Kier molecular flexibility index (Phi) is 6.15. The van der Waals surface area contributed by atoms with Gasteiger partial charge in [-0.2, -0.15) is 0 Å². The van der Waals surface area contributed by atoms with Crippen LogP contribution in [-0.2, 0) is 11.3 Å². The molecule has 0 saturated heterocycles. The van der Waals surface area contributed by atoms with Gasteiger partial charge >= 0.3 is 0 Å². The molecule has 0 fully saturated rings. The number of pyridine rings is 1. The number of nitrogens with one attached hydrogen (secondary N) is 1. The summed E-state index contributed by atoms with van der Waals surface area (Å²) in [4.78, 5) is 41.1. The predicted octanol–water partition coefficient (Wildman–Crippen LogP) is 2.83. The molecule has 2 aromatic rings. The Bertz CT molecular complexity index is 1220. The van der Waals surface area contributed by atoms with Crippen LogP contribution in [0.1, 0.15) is 57.6 Å². The lowest BCUT2D eigenvalue weighted by Gasteiger charge is -2.34. The topological polar surface area (TPSA) is 89.9 Å². The summed E-state index contributed by atoms with van der Waals surface area (Å²) in [6.07, 6.45) is -0.141. The van der Waals surface area contributed by atoms with E-state index in [0.29, 0.717) is 19.5 Å². The molecule has 1 aromatic heterocycles. The maximum atomic E-state index is 14.2. The van der Waals surface area contributed by atoms with Gasteiger partial charge in [-0.25, -0.2) is 8.78 Å². The molecule has 4 rings (SSSR count). The zero-order valence-electron chi connectivity index (χ0n) is 18.2. The highest BCUT2D eigenvalue weighted by Gasteiger charge is 2.45. The first-order chi connectivity index (χ1) is 15.7. The average molecular weight is 482 g/mol. The zero-order valence-corrected chi connectivity index (χ0v) is 19.0. The summed E-state index contributed by atoms with van der Waals surface area (Å²) in [5.74, 6) is -3.31. The lowest BCUT2D eigenvalue weighted by molar-refractivity contribution is 0.0652. The summed E-state index contributed by atoms with van der Waals surface area (Å²) in [6.45, 7) is 2.36. The number of amides is 2. The van der Waals surface area contributed by atoms with Gasteiger partial charge in [-0.15, -0.1) is 0 Å². The quantitative estimate of drug-likeness (QED) is 0.641. The normalized spacial score (nSPS) is 19.0. The van der Waals surface area contributed by atoms with E-state index in [4.69, 9.17) is 21.1 Å². The van der Waals surface area contributed by atoms with Crippen LogP contribution in [0.15, 0.2) is 16.9 Å². The molecule has 2 amide bonds. The number of aromatic nitrogens is 1. The van der Waals surface area contributed by atoms with Crippen molar-refractivity contribution in [2.75, 3.05) is 27.3 Å². The number of benzene rings is 1. The Morgan fingerprint density at radius 2 is 2.00 bits per heavy atom. The fourth-order valence-corrected chi connectivity index (χ4v) is 4.73. The fourth-order valence-electron chi connectivity index (χ4n) is 4.55. The SMILES string of the molecule is CCN1C[C@H]2C[C@H](OC)c3c(C(=O)NCc4ccc(F)c(Cl)c4F)c(=O)c(OC)c(n32)C1=O. The number of carbonyl (C=O) groups excluding carboxylic acids is 2. The lowest BCUT2D eigenvalue weighted by atomic mass is 10.1. The largest absolute Gasteiger partial charge is 0.491 e. The van der Waals surface area contributed by atoms with Gasteiger partial charge in [0.2, 0.25) is 5.43 Å². The summed E-state index contributed by atoms with van der Waals surface area (Å²) in [5, 5.41) is 1.81. The highest BCUT2D eigenvalue weighted by molar-refractivity contribution is 6.30. The van der Waals surface area contributed by atoms with E-state index in [1.807, 2.05) is 6.92 Å². The summed E-state index contributed by atoms with van der Waals surface area (Å²) in [7, 11) is 2.72. The molecule has 0 aliphatic carbocycles. The van der Waals surface area contributed by atoms with E-state index in [1.165, 1.54) is 14.2 Å². The molecule has 1 aromatic carbocycles. The number of halogens is 3. The van der Waals surface area contributed by atoms with Crippen LogP contribution in [0.5, 0.6) is 5.75 Å². The van der Waals surface area contributed by atoms with Crippen molar-refractivity contribution < 1.29 is 27.8 Å². The molecular formula is C22H22ClF2N3O5. The number of nitrogens with zero attached hydrogens (tertiary/aromatic N) is 2. The molecule has 2 aliphatic rings. The van der Waals surface area contributed by atoms with Gasteiger partial charge in [0.15, 0.2) is 11.4 Å². The number of carbonyl (C=O) groups is 2. The third kappa shape index (κ3) is 3.57. The van der Waals surface area contributed by atoms with Crippen LogP contribution < -0.4 is 15.5 Å². The van der Waals surface area contributed by atoms with Crippen LogP contribution >= 0.6 is 11.6 Å². The molecule has 0 saturated carbocycles. The van der Waals surface area contributed by atoms with E-state index < -0.39 is 34.1 Å². The standard InChI is InChI=1S/C22H22ClF2N3O5/c1-4-27-9-11-7-13(32-2)17-14(19(29)20(33-3)18(22(27)31)28(11)17)21(30)26-8-10-5-6-12(24)15(23)16(10)25/h5-6,11,13H,4,7-9H2,1-3H3,(H,26,30)/t11-,13+/m1/s1. The Balaban J connectivity index is 1.80. The molecule has 2 atom stereocenters. The first-order valence-electron chi connectivity index (χ1n) is 10.3. The maximum absolute atomic E-state index is 14.2. The first kappa shape index (κ1) is 23.2. The predicted molar refractivity (Wildman–Crippen MR) is 115 cm³/mol. The molecule has 2 aliphatic heterocycles. The lowest BCUT2D eigenvalue weighted by Crippen LogP contribution is -2.44. The number of ether oxygens (including phenoxy) is 2. The van der Waals surface area contributed by atoms with E-state index in [1.54, 1.807) is 9.47 Å². The third-order valence-corrected chi connectivity index (χ3v) is 6.48. The maximum Gasteiger partial charge on any atom is 0.274 e. The van der Waals surface area contributed by atoms with E-state index in [2.05, 4.69) is 5.32 Å². The number of hydrogen-bond donors (Lipinski definition) is 1. The van der Waals surface area contributed by atoms with Gasteiger partial charge in [0.1, 0.15) is 28.3 Å². The Labute approximate surface area is 193 Å². The number of methoxy groups -OCH3 is 2. The minimum atomic E-state index is -0.999. The number of hydrogen-bond acceptors (Lipinski definition) is 5. The van der Waals surface area contributed by atoms with Crippen LogP contribution in [0.25, 0.3) is 0 Å². The van der Waals surface area contributed by atoms with Gasteiger partial charge < -0.3 is 24.3 Å². The highest BCUT2D eigenvalue weighted by atomic mass is 35.5. The highest BCUT2D eigenvalue weighted by Crippen LogP contribution is 2.43. The van der Waals surface area contributed by atoms with Crippen LogP contribution in [0.2, 0.25) is 5.02 Å². The number of likely N-dealkylation sites (N-methyl/N-ethyl adjacent to an activating group) is 1.